The Balaban J connectivity index is 1.57. The summed E-state index contributed by atoms with van der Waals surface area (Å²) < 4.78 is 10.9. The summed E-state index contributed by atoms with van der Waals surface area (Å²) in [5.41, 5.74) is 0. The van der Waals surface area contributed by atoms with Crippen LogP contribution < -0.4 is 15.5 Å². The SMILES string of the molecule is S=C(NC[C@H]1CCCO1)Nc1nc(Cl)cc(N2CCOCC2)n1. The number of anilines is 2. The Morgan fingerprint density at radius 1 is 1.35 bits per heavy atom. The molecule has 0 spiro atoms. The number of halogens is 1. The highest BCUT2D eigenvalue weighted by Crippen LogP contribution is 2.19. The molecule has 2 N–H and O–H groups in total. The van der Waals surface area contributed by atoms with Crippen LogP contribution in [0.15, 0.2) is 6.07 Å². The molecule has 0 unspecified atom stereocenters. The average molecular weight is 358 g/mol. The van der Waals surface area contributed by atoms with E-state index in [4.69, 9.17) is 33.3 Å². The first-order valence-corrected chi connectivity index (χ1v) is 8.53. The van der Waals surface area contributed by atoms with Gasteiger partial charge in [0.25, 0.3) is 0 Å². The van der Waals surface area contributed by atoms with E-state index in [-0.39, 0.29) is 6.10 Å². The molecule has 1 aromatic rings. The topological polar surface area (TPSA) is 71.5 Å². The first-order valence-electron chi connectivity index (χ1n) is 7.74. The van der Waals surface area contributed by atoms with Crippen molar-refractivity contribution in [1.29, 1.82) is 0 Å². The molecule has 0 bridgehead atoms. The zero-order valence-corrected chi connectivity index (χ0v) is 14.3. The molecule has 0 aromatic carbocycles. The van der Waals surface area contributed by atoms with Crippen molar-refractivity contribution in [2.24, 2.45) is 0 Å². The molecule has 3 heterocycles. The molecule has 23 heavy (non-hydrogen) atoms. The summed E-state index contributed by atoms with van der Waals surface area (Å²) >= 11 is 11.4. The minimum atomic E-state index is 0.221. The smallest absolute Gasteiger partial charge is 0.232 e. The maximum atomic E-state index is 6.10. The second kappa shape index (κ2) is 8.05. The van der Waals surface area contributed by atoms with Gasteiger partial charge in [0.2, 0.25) is 5.95 Å². The monoisotopic (exact) mass is 357 g/mol. The lowest BCUT2D eigenvalue weighted by Gasteiger charge is -2.28. The first-order chi connectivity index (χ1) is 11.2. The fourth-order valence-corrected chi connectivity index (χ4v) is 2.93. The van der Waals surface area contributed by atoms with Gasteiger partial charge in [0.05, 0.1) is 19.3 Å². The van der Waals surface area contributed by atoms with Crippen LogP contribution in [0.25, 0.3) is 0 Å². The zero-order valence-electron chi connectivity index (χ0n) is 12.8. The highest BCUT2D eigenvalue weighted by Gasteiger charge is 2.17. The number of aromatic nitrogens is 2. The molecule has 9 heteroatoms. The van der Waals surface area contributed by atoms with Crippen molar-refractivity contribution in [2.75, 3.05) is 49.7 Å². The second-order valence-corrected chi connectivity index (χ2v) is 6.24. The summed E-state index contributed by atoms with van der Waals surface area (Å²) in [6.07, 6.45) is 2.39. The molecule has 126 valence electrons. The van der Waals surface area contributed by atoms with Gasteiger partial charge in [-0.3, -0.25) is 0 Å². The van der Waals surface area contributed by atoms with E-state index in [1.807, 2.05) is 0 Å². The van der Waals surface area contributed by atoms with Crippen LogP contribution in [0, 0.1) is 0 Å². The molecule has 0 aliphatic carbocycles. The molecule has 7 nitrogen and oxygen atoms in total. The number of nitrogens with one attached hydrogen (secondary N) is 2. The Hall–Kier alpha value is -1.22. The second-order valence-electron chi connectivity index (χ2n) is 5.44. The average Bonchev–Trinajstić information content (AvgIpc) is 3.07. The van der Waals surface area contributed by atoms with Crippen LogP contribution >= 0.6 is 23.8 Å². The van der Waals surface area contributed by atoms with Crippen molar-refractivity contribution in [2.45, 2.75) is 18.9 Å². The van der Waals surface area contributed by atoms with Gasteiger partial charge < -0.3 is 25.0 Å². The van der Waals surface area contributed by atoms with Crippen molar-refractivity contribution in [3.05, 3.63) is 11.2 Å². The largest absolute Gasteiger partial charge is 0.378 e. The summed E-state index contributed by atoms with van der Waals surface area (Å²) in [4.78, 5) is 10.8. The van der Waals surface area contributed by atoms with Crippen LogP contribution in [-0.4, -0.2) is 60.6 Å². The van der Waals surface area contributed by atoms with E-state index >= 15 is 0 Å². The van der Waals surface area contributed by atoms with Gasteiger partial charge in [-0.1, -0.05) is 11.6 Å². The Bertz CT molecular complexity index is 550. The van der Waals surface area contributed by atoms with Crippen molar-refractivity contribution < 1.29 is 9.47 Å². The fraction of sp³-hybridized carbons (Fsp3) is 0.643. The van der Waals surface area contributed by atoms with Gasteiger partial charge >= 0.3 is 0 Å². The van der Waals surface area contributed by atoms with Crippen LogP contribution in [-0.2, 0) is 9.47 Å². The molecule has 0 amide bonds. The molecule has 0 saturated carbocycles. The summed E-state index contributed by atoms with van der Waals surface area (Å²) in [5.74, 6) is 1.17. The highest BCUT2D eigenvalue weighted by atomic mass is 35.5. The number of rotatable bonds is 4. The number of thiocarbonyl (C=S) groups is 1. The van der Waals surface area contributed by atoms with E-state index in [1.165, 1.54) is 0 Å². The van der Waals surface area contributed by atoms with E-state index in [2.05, 4.69) is 25.5 Å². The number of hydrogen-bond acceptors (Lipinski definition) is 6. The normalized spacial score (nSPS) is 21.3. The summed E-state index contributed by atoms with van der Waals surface area (Å²) in [5, 5.41) is 6.97. The Morgan fingerprint density at radius 2 is 2.17 bits per heavy atom. The van der Waals surface area contributed by atoms with Gasteiger partial charge in [-0.25, -0.2) is 4.98 Å². The predicted octanol–water partition coefficient (Wildman–Crippen LogP) is 1.43. The fourth-order valence-electron chi connectivity index (χ4n) is 2.57. The van der Waals surface area contributed by atoms with Crippen LogP contribution in [0.2, 0.25) is 5.15 Å². The standard InChI is InChI=1S/C14H20ClN5O2S/c15-11-8-12(20-3-6-21-7-4-20)18-13(17-11)19-14(23)16-9-10-2-1-5-22-10/h8,10H,1-7,9H2,(H2,16,17,18,19,23)/t10-/m1/s1. The molecular weight excluding hydrogens is 338 g/mol. The van der Waals surface area contributed by atoms with E-state index in [9.17, 15) is 0 Å². The van der Waals surface area contributed by atoms with Crippen molar-refractivity contribution in [3.63, 3.8) is 0 Å². The predicted molar refractivity (Wildman–Crippen MR) is 93.3 cm³/mol. The van der Waals surface area contributed by atoms with E-state index < -0.39 is 0 Å². The van der Waals surface area contributed by atoms with Gasteiger partial charge in [0.1, 0.15) is 11.0 Å². The Kier molecular flexibility index (Phi) is 5.82. The summed E-state index contributed by atoms with van der Waals surface area (Å²) in [7, 11) is 0. The molecule has 2 fully saturated rings. The lowest BCUT2D eigenvalue weighted by Crippen LogP contribution is -2.37. The highest BCUT2D eigenvalue weighted by molar-refractivity contribution is 7.80. The third kappa shape index (κ3) is 4.87. The van der Waals surface area contributed by atoms with Crippen LogP contribution in [0.4, 0.5) is 11.8 Å². The number of morpholine rings is 1. The maximum Gasteiger partial charge on any atom is 0.232 e. The van der Waals surface area contributed by atoms with Crippen molar-refractivity contribution in [1.82, 2.24) is 15.3 Å². The maximum absolute atomic E-state index is 6.10. The van der Waals surface area contributed by atoms with Crippen LogP contribution in [0.5, 0.6) is 0 Å². The van der Waals surface area contributed by atoms with E-state index in [0.717, 1.165) is 38.4 Å². The first kappa shape index (κ1) is 16.6. The molecule has 3 rings (SSSR count). The van der Waals surface area contributed by atoms with Gasteiger partial charge in [-0.2, -0.15) is 4.98 Å². The third-order valence-electron chi connectivity index (χ3n) is 3.76. The van der Waals surface area contributed by atoms with Crippen LogP contribution in [0.3, 0.4) is 0 Å². The molecule has 0 radical (unpaired) electrons. The van der Waals surface area contributed by atoms with Gasteiger partial charge in [-0.05, 0) is 25.1 Å². The van der Waals surface area contributed by atoms with Crippen LogP contribution in [0.1, 0.15) is 12.8 Å². The lowest BCUT2D eigenvalue weighted by molar-refractivity contribution is 0.114. The third-order valence-corrected chi connectivity index (χ3v) is 4.20. The molecule has 1 aromatic heterocycles. The molecule has 2 aliphatic rings. The van der Waals surface area contributed by atoms with E-state index in [1.54, 1.807) is 6.07 Å². The Morgan fingerprint density at radius 3 is 2.91 bits per heavy atom. The number of ether oxygens (including phenoxy) is 2. The minimum Gasteiger partial charge on any atom is -0.378 e. The number of nitrogens with zero attached hydrogens (tertiary/aromatic N) is 3. The number of hydrogen-bond donors (Lipinski definition) is 2. The zero-order chi connectivity index (χ0) is 16.1. The quantitative estimate of drug-likeness (QED) is 0.619. The Labute approximate surface area is 145 Å². The molecule has 2 saturated heterocycles. The van der Waals surface area contributed by atoms with Gasteiger partial charge in [0, 0.05) is 32.3 Å². The summed E-state index contributed by atoms with van der Waals surface area (Å²) in [6.45, 7) is 4.45. The van der Waals surface area contributed by atoms with Crippen molar-refractivity contribution >= 4 is 40.7 Å². The molecule has 2 aliphatic heterocycles. The molecule has 1 atom stereocenters. The lowest BCUT2D eigenvalue weighted by atomic mass is 10.2. The van der Waals surface area contributed by atoms with Gasteiger partial charge in [-0.15, -0.1) is 0 Å². The minimum absolute atomic E-state index is 0.221. The van der Waals surface area contributed by atoms with Crippen molar-refractivity contribution in [3.8, 4) is 0 Å². The van der Waals surface area contributed by atoms with Gasteiger partial charge in [0.15, 0.2) is 5.11 Å². The summed E-state index contributed by atoms with van der Waals surface area (Å²) in [6, 6.07) is 1.75. The van der Waals surface area contributed by atoms with E-state index in [0.29, 0.717) is 36.0 Å². The molecular formula is C14H20ClN5O2S.